The van der Waals surface area contributed by atoms with Gasteiger partial charge in [0.1, 0.15) is 5.75 Å². The highest BCUT2D eigenvalue weighted by Crippen LogP contribution is 2.27. The van der Waals surface area contributed by atoms with Gasteiger partial charge in [-0.25, -0.2) is 9.99 Å². The van der Waals surface area contributed by atoms with Crippen LogP contribution in [0.4, 0.5) is 0 Å². The van der Waals surface area contributed by atoms with Crippen LogP contribution in [0.25, 0.3) is 22.3 Å². The zero-order chi connectivity index (χ0) is 17.4. The Labute approximate surface area is 144 Å². The topological polar surface area (TPSA) is 94.1 Å². The molecule has 128 valence electrons. The molecule has 0 unspecified atom stereocenters. The highest BCUT2D eigenvalue weighted by Gasteiger charge is 2.20. The summed E-state index contributed by atoms with van der Waals surface area (Å²) < 4.78 is 0. The van der Waals surface area contributed by atoms with E-state index in [0.717, 1.165) is 42.6 Å². The van der Waals surface area contributed by atoms with Crippen molar-refractivity contribution in [1.82, 2.24) is 25.6 Å². The van der Waals surface area contributed by atoms with Crippen molar-refractivity contribution in [1.29, 1.82) is 0 Å². The molecule has 0 radical (unpaired) electrons. The summed E-state index contributed by atoms with van der Waals surface area (Å²) in [6.45, 7) is 3.59. The van der Waals surface area contributed by atoms with Crippen molar-refractivity contribution in [2.75, 3.05) is 13.1 Å². The third-order valence-corrected chi connectivity index (χ3v) is 4.48. The number of carbonyl (C=O) groups excluding carboxylic acids is 1. The Bertz CT molecular complexity index is 927. The van der Waals surface area contributed by atoms with E-state index in [9.17, 15) is 9.90 Å². The minimum atomic E-state index is -0.154. The Morgan fingerprint density at radius 1 is 1.24 bits per heavy atom. The van der Waals surface area contributed by atoms with Gasteiger partial charge in [-0.3, -0.25) is 15.3 Å². The van der Waals surface area contributed by atoms with Crippen LogP contribution in [-0.2, 0) is 0 Å². The summed E-state index contributed by atoms with van der Waals surface area (Å²) in [4.78, 5) is 17.4. The summed E-state index contributed by atoms with van der Waals surface area (Å²) in [5, 5.41) is 19.3. The van der Waals surface area contributed by atoms with Gasteiger partial charge in [0.2, 0.25) is 0 Å². The van der Waals surface area contributed by atoms with Gasteiger partial charge in [0, 0.05) is 18.7 Å². The van der Waals surface area contributed by atoms with Gasteiger partial charge in [-0.1, -0.05) is 0 Å². The molecule has 3 N–H and O–H groups in total. The van der Waals surface area contributed by atoms with E-state index in [1.54, 1.807) is 30.3 Å². The van der Waals surface area contributed by atoms with Crippen LogP contribution in [0, 0.1) is 6.92 Å². The van der Waals surface area contributed by atoms with Crippen molar-refractivity contribution in [3.63, 3.8) is 0 Å². The number of aromatic nitrogens is 3. The van der Waals surface area contributed by atoms with Crippen molar-refractivity contribution in [2.45, 2.75) is 19.8 Å². The average molecular weight is 337 g/mol. The number of aromatic amines is 1. The molecule has 1 fully saturated rings. The number of benzene rings is 1. The number of pyridine rings is 1. The lowest BCUT2D eigenvalue weighted by atomic mass is 10.1. The lowest BCUT2D eigenvalue weighted by Gasteiger charge is -2.17. The van der Waals surface area contributed by atoms with E-state index in [-0.39, 0.29) is 11.7 Å². The fourth-order valence-corrected chi connectivity index (χ4v) is 3.18. The number of nitrogens with zero attached hydrogens (tertiary/aromatic N) is 3. The predicted molar refractivity (Wildman–Crippen MR) is 94.0 cm³/mol. The number of rotatable bonds is 3. The number of phenols is 1. The lowest BCUT2D eigenvalue weighted by molar-refractivity contribution is 0.0827. The molecule has 3 aromatic rings. The fraction of sp³-hybridized carbons (Fsp3) is 0.278. The Morgan fingerprint density at radius 2 is 1.96 bits per heavy atom. The van der Waals surface area contributed by atoms with E-state index in [2.05, 4.69) is 20.6 Å². The molecule has 7 heteroatoms. The predicted octanol–water partition coefficient (Wildman–Crippen LogP) is 2.38. The van der Waals surface area contributed by atoms with E-state index in [1.165, 1.54) is 0 Å². The number of aromatic hydroxyl groups is 1. The number of H-pyrrole nitrogens is 1. The molecule has 1 saturated heterocycles. The zero-order valence-corrected chi connectivity index (χ0v) is 13.9. The summed E-state index contributed by atoms with van der Waals surface area (Å²) in [5.41, 5.74) is 6.32. The van der Waals surface area contributed by atoms with Crippen molar-refractivity contribution in [3.8, 4) is 17.0 Å². The third-order valence-electron chi connectivity index (χ3n) is 4.48. The first-order valence-electron chi connectivity index (χ1n) is 8.33. The average Bonchev–Trinajstić information content (AvgIpc) is 3.25. The SMILES string of the molecule is Cc1n[nH]c2nc(-c3ccc(O)cc3)cc(C(=O)NN3CCCC3)c12. The smallest absolute Gasteiger partial charge is 0.266 e. The van der Waals surface area contributed by atoms with Gasteiger partial charge in [-0.15, -0.1) is 0 Å². The maximum Gasteiger partial charge on any atom is 0.266 e. The summed E-state index contributed by atoms with van der Waals surface area (Å²) >= 11 is 0. The summed E-state index contributed by atoms with van der Waals surface area (Å²) in [6.07, 6.45) is 2.19. The molecule has 3 heterocycles. The Morgan fingerprint density at radius 3 is 2.68 bits per heavy atom. The molecule has 0 aliphatic carbocycles. The van der Waals surface area contributed by atoms with Crippen LogP contribution in [-0.4, -0.2) is 44.3 Å². The number of hydrazine groups is 1. The van der Waals surface area contributed by atoms with Gasteiger partial charge in [0.25, 0.3) is 5.91 Å². The molecular weight excluding hydrogens is 318 g/mol. The van der Waals surface area contributed by atoms with Gasteiger partial charge in [-0.2, -0.15) is 5.10 Å². The Hall–Kier alpha value is -2.93. The van der Waals surface area contributed by atoms with Gasteiger partial charge in [0.15, 0.2) is 5.65 Å². The van der Waals surface area contributed by atoms with Crippen molar-refractivity contribution in [3.05, 3.63) is 41.6 Å². The van der Waals surface area contributed by atoms with E-state index in [4.69, 9.17) is 0 Å². The number of aryl methyl sites for hydroxylation is 1. The third kappa shape index (κ3) is 2.94. The monoisotopic (exact) mass is 337 g/mol. The number of amides is 1. The van der Waals surface area contributed by atoms with Crippen LogP contribution in [0.5, 0.6) is 5.75 Å². The van der Waals surface area contributed by atoms with E-state index in [0.29, 0.717) is 16.9 Å². The first kappa shape index (κ1) is 15.6. The second kappa shape index (κ2) is 6.18. The van der Waals surface area contributed by atoms with E-state index < -0.39 is 0 Å². The first-order chi connectivity index (χ1) is 12.1. The van der Waals surface area contributed by atoms with Crippen molar-refractivity contribution >= 4 is 16.9 Å². The second-order valence-corrected chi connectivity index (χ2v) is 6.27. The summed E-state index contributed by atoms with van der Waals surface area (Å²) in [7, 11) is 0. The van der Waals surface area contributed by atoms with Gasteiger partial charge in [-0.05, 0) is 50.1 Å². The number of fused-ring (bicyclic) bond motifs is 1. The maximum atomic E-state index is 12.8. The number of phenolic OH excluding ortho intramolecular Hbond substituents is 1. The minimum Gasteiger partial charge on any atom is -0.508 e. The summed E-state index contributed by atoms with van der Waals surface area (Å²) in [5.74, 6) is 0.0352. The molecule has 1 aliphatic rings. The second-order valence-electron chi connectivity index (χ2n) is 6.27. The molecule has 0 spiro atoms. The molecule has 1 aliphatic heterocycles. The molecule has 0 atom stereocenters. The molecule has 25 heavy (non-hydrogen) atoms. The molecule has 1 aromatic carbocycles. The number of nitrogens with one attached hydrogen (secondary N) is 2. The van der Waals surface area contributed by atoms with E-state index in [1.807, 2.05) is 11.9 Å². The van der Waals surface area contributed by atoms with Crippen LogP contribution >= 0.6 is 0 Å². The fourth-order valence-electron chi connectivity index (χ4n) is 3.18. The van der Waals surface area contributed by atoms with Crippen LogP contribution in [0.3, 0.4) is 0 Å². The van der Waals surface area contributed by atoms with Crippen LogP contribution < -0.4 is 5.43 Å². The standard InChI is InChI=1S/C18H19N5O2/c1-11-16-14(18(25)22-23-8-2-3-9-23)10-15(19-17(16)21-20-11)12-4-6-13(24)7-5-12/h4-7,10,24H,2-3,8-9H2,1H3,(H,22,25)(H,19,20,21). The molecule has 4 rings (SSSR count). The van der Waals surface area contributed by atoms with Crippen LogP contribution in [0.2, 0.25) is 0 Å². The Kier molecular flexibility index (Phi) is 3.85. The number of hydrogen-bond acceptors (Lipinski definition) is 5. The van der Waals surface area contributed by atoms with Crippen molar-refractivity contribution < 1.29 is 9.90 Å². The van der Waals surface area contributed by atoms with Gasteiger partial charge >= 0.3 is 0 Å². The lowest BCUT2D eigenvalue weighted by Crippen LogP contribution is -2.40. The summed E-state index contributed by atoms with van der Waals surface area (Å²) in [6, 6.07) is 8.53. The normalized spacial score (nSPS) is 14.9. The van der Waals surface area contributed by atoms with E-state index >= 15 is 0 Å². The highest BCUT2D eigenvalue weighted by atomic mass is 16.3. The van der Waals surface area contributed by atoms with Crippen LogP contribution in [0.15, 0.2) is 30.3 Å². The van der Waals surface area contributed by atoms with Crippen molar-refractivity contribution in [2.24, 2.45) is 0 Å². The van der Waals surface area contributed by atoms with Gasteiger partial charge < -0.3 is 5.11 Å². The maximum absolute atomic E-state index is 12.8. The molecule has 7 nitrogen and oxygen atoms in total. The minimum absolute atomic E-state index is 0.154. The molecular formula is C18H19N5O2. The molecule has 0 bridgehead atoms. The highest BCUT2D eigenvalue weighted by molar-refractivity contribution is 6.07. The Balaban J connectivity index is 1.78. The molecule has 2 aromatic heterocycles. The molecule has 1 amide bonds. The zero-order valence-electron chi connectivity index (χ0n) is 13.9. The number of carbonyl (C=O) groups is 1. The largest absolute Gasteiger partial charge is 0.508 e. The van der Waals surface area contributed by atoms with Crippen LogP contribution in [0.1, 0.15) is 28.9 Å². The van der Waals surface area contributed by atoms with Gasteiger partial charge in [0.05, 0.1) is 22.3 Å². The first-order valence-corrected chi connectivity index (χ1v) is 8.33. The quantitative estimate of drug-likeness (QED) is 0.682. The molecule has 0 saturated carbocycles. The number of hydrogen-bond donors (Lipinski definition) is 3.